The molecule has 1 aromatic heterocycles. The highest BCUT2D eigenvalue weighted by Gasteiger charge is 2.13. The Kier molecular flexibility index (Phi) is 2.59. The van der Waals surface area contributed by atoms with Crippen molar-refractivity contribution in [3.63, 3.8) is 0 Å². The van der Waals surface area contributed by atoms with Crippen molar-refractivity contribution in [2.45, 2.75) is 0 Å². The minimum Gasteiger partial charge on any atom is -0.464 e. The standard InChI is InChI=1S/C8H9N3O2/c1-13-8(12)7(10)5-2-3-11-4-6(5)9/h2-4,10H,9H2,1H3. The van der Waals surface area contributed by atoms with E-state index in [4.69, 9.17) is 11.1 Å². The molecule has 0 radical (unpaired) electrons. The molecule has 0 aliphatic rings. The summed E-state index contributed by atoms with van der Waals surface area (Å²) in [5.41, 5.74) is 5.87. The molecule has 1 heterocycles. The molecule has 5 heteroatoms. The molecule has 68 valence electrons. The summed E-state index contributed by atoms with van der Waals surface area (Å²) in [4.78, 5) is 14.7. The molecule has 13 heavy (non-hydrogen) atoms. The van der Waals surface area contributed by atoms with Crippen molar-refractivity contribution in [3.8, 4) is 0 Å². The normalized spacial score (nSPS) is 9.31. The first-order valence-corrected chi connectivity index (χ1v) is 3.53. The number of pyridine rings is 1. The quantitative estimate of drug-likeness (QED) is 0.501. The molecular weight excluding hydrogens is 170 g/mol. The Morgan fingerprint density at radius 1 is 1.69 bits per heavy atom. The van der Waals surface area contributed by atoms with Crippen molar-refractivity contribution in [2.75, 3.05) is 12.8 Å². The Morgan fingerprint density at radius 2 is 2.38 bits per heavy atom. The lowest BCUT2D eigenvalue weighted by molar-refractivity contribution is -0.132. The second kappa shape index (κ2) is 3.66. The van der Waals surface area contributed by atoms with Crippen LogP contribution in [0.15, 0.2) is 18.5 Å². The van der Waals surface area contributed by atoms with Gasteiger partial charge in [-0.25, -0.2) is 4.79 Å². The van der Waals surface area contributed by atoms with Gasteiger partial charge in [-0.15, -0.1) is 0 Å². The topological polar surface area (TPSA) is 89.1 Å². The predicted molar refractivity (Wildman–Crippen MR) is 47.5 cm³/mol. The molecule has 1 aromatic rings. The van der Waals surface area contributed by atoms with Crippen LogP contribution < -0.4 is 5.73 Å². The van der Waals surface area contributed by atoms with Crippen molar-refractivity contribution in [1.82, 2.24) is 4.98 Å². The average molecular weight is 179 g/mol. The maximum absolute atomic E-state index is 10.9. The van der Waals surface area contributed by atoms with Gasteiger partial charge in [-0.1, -0.05) is 0 Å². The number of carbonyl (C=O) groups excluding carboxylic acids is 1. The van der Waals surface area contributed by atoms with Gasteiger partial charge in [0.25, 0.3) is 0 Å². The average Bonchev–Trinajstić information content (AvgIpc) is 2.16. The molecule has 0 atom stereocenters. The number of methoxy groups -OCH3 is 1. The highest BCUT2D eigenvalue weighted by atomic mass is 16.5. The molecule has 3 N–H and O–H groups in total. The van der Waals surface area contributed by atoms with E-state index in [1.165, 1.54) is 25.6 Å². The Hall–Kier alpha value is -1.91. The minimum absolute atomic E-state index is 0.262. The molecule has 0 saturated heterocycles. The molecule has 0 bridgehead atoms. The molecule has 0 saturated carbocycles. The number of aromatic nitrogens is 1. The fourth-order valence-corrected chi connectivity index (χ4v) is 0.846. The van der Waals surface area contributed by atoms with Gasteiger partial charge in [0.2, 0.25) is 0 Å². The molecule has 1 rings (SSSR count). The lowest BCUT2D eigenvalue weighted by Gasteiger charge is -2.03. The van der Waals surface area contributed by atoms with Gasteiger partial charge in [0.15, 0.2) is 0 Å². The number of esters is 1. The highest BCUT2D eigenvalue weighted by molar-refractivity contribution is 6.43. The molecular formula is C8H9N3O2. The second-order valence-electron chi connectivity index (χ2n) is 2.33. The molecule has 0 fully saturated rings. The fraction of sp³-hybridized carbons (Fsp3) is 0.125. The predicted octanol–water partition coefficient (Wildman–Crippen LogP) is 0.205. The summed E-state index contributed by atoms with van der Waals surface area (Å²) in [7, 11) is 1.22. The minimum atomic E-state index is -0.710. The van der Waals surface area contributed by atoms with Gasteiger partial charge >= 0.3 is 5.97 Å². The first-order valence-electron chi connectivity index (χ1n) is 3.53. The van der Waals surface area contributed by atoms with Crippen molar-refractivity contribution >= 4 is 17.4 Å². The zero-order valence-electron chi connectivity index (χ0n) is 7.07. The molecule has 0 amide bonds. The number of hydrogen-bond donors (Lipinski definition) is 2. The van der Waals surface area contributed by atoms with Crippen molar-refractivity contribution in [3.05, 3.63) is 24.0 Å². The summed E-state index contributed by atoms with van der Waals surface area (Å²) >= 11 is 0. The van der Waals surface area contributed by atoms with Gasteiger partial charge in [-0.2, -0.15) is 0 Å². The maximum atomic E-state index is 10.9. The van der Waals surface area contributed by atoms with E-state index in [9.17, 15) is 4.79 Å². The number of carbonyl (C=O) groups is 1. The van der Waals surface area contributed by atoms with E-state index < -0.39 is 5.97 Å². The maximum Gasteiger partial charge on any atom is 0.356 e. The Balaban J connectivity index is 3.02. The van der Waals surface area contributed by atoms with Gasteiger partial charge in [-0.05, 0) is 6.07 Å². The molecule has 5 nitrogen and oxygen atoms in total. The molecule has 0 aliphatic heterocycles. The van der Waals surface area contributed by atoms with Crippen LogP contribution in [0.4, 0.5) is 5.69 Å². The molecule has 0 spiro atoms. The first kappa shape index (κ1) is 9.18. The third-order valence-electron chi connectivity index (χ3n) is 1.51. The van der Waals surface area contributed by atoms with Gasteiger partial charge in [0, 0.05) is 11.8 Å². The van der Waals surface area contributed by atoms with Crippen LogP contribution in [-0.2, 0) is 9.53 Å². The Labute approximate surface area is 75.0 Å². The van der Waals surface area contributed by atoms with Crippen LogP contribution in [0, 0.1) is 5.41 Å². The smallest absolute Gasteiger partial charge is 0.356 e. The number of anilines is 1. The number of nitrogen functional groups attached to an aromatic ring is 1. The lowest BCUT2D eigenvalue weighted by atomic mass is 10.1. The summed E-state index contributed by atoms with van der Waals surface area (Å²) in [6.07, 6.45) is 2.84. The van der Waals surface area contributed by atoms with Gasteiger partial charge in [0.1, 0.15) is 5.71 Å². The summed E-state index contributed by atoms with van der Waals surface area (Å²) in [5, 5.41) is 7.39. The van der Waals surface area contributed by atoms with E-state index in [1.54, 1.807) is 0 Å². The summed E-state index contributed by atoms with van der Waals surface area (Å²) in [6.45, 7) is 0. The fourth-order valence-electron chi connectivity index (χ4n) is 0.846. The van der Waals surface area contributed by atoms with Crippen molar-refractivity contribution in [1.29, 1.82) is 5.41 Å². The van der Waals surface area contributed by atoms with E-state index in [1.807, 2.05) is 0 Å². The van der Waals surface area contributed by atoms with E-state index >= 15 is 0 Å². The van der Waals surface area contributed by atoms with Gasteiger partial charge < -0.3 is 10.5 Å². The molecule has 0 unspecified atom stereocenters. The molecule has 0 aliphatic carbocycles. The third kappa shape index (κ3) is 1.81. The third-order valence-corrected chi connectivity index (χ3v) is 1.51. The zero-order valence-corrected chi connectivity index (χ0v) is 7.07. The molecule has 0 aromatic carbocycles. The van der Waals surface area contributed by atoms with Crippen LogP contribution in [-0.4, -0.2) is 23.8 Å². The van der Waals surface area contributed by atoms with Gasteiger partial charge in [-0.3, -0.25) is 10.4 Å². The van der Waals surface area contributed by atoms with Crippen molar-refractivity contribution < 1.29 is 9.53 Å². The number of nitrogens with two attached hydrogens (primary N) is 1. The van der Waals surface area contributed by atoms with E-state index in [0.29, 0.717) is 5.56 Å². The zero-order chi connectivity index (χ0) is 9.84. The van der Waals surface area contributed by atoms with Crippen LogP contribution in [0.5, 0.6) is 0 Å². The SMILES string of the molecule is COC(=O)C(=N)c1ccncc1N. The van der Waals surface area contributed by atoms with Crippen molar-refractivity contribution in [2.24, 2.45) is 0 Å². The first-order chi connectivity index (χ1) is 6.16. The number of rotatable bonds is 2. The van der Waals surface area contributed by atoms with E-state index in [2.05, 4.69) is 9.72 Å². The second-order valence-corrected chi connectivity index (χ2v) is 2.33. The van der Waals surface area contributed by atoms with Crippen LogP contribution >= 0.6 is 0 Å². The number of ether oxygens (including phenoxy) is 1. The van der Waals surface area contributed by atoms with E-state index in [0.717, 1.165) is 0 Å². The van der Waals surface area contributed by atoms with Crippen LogP contribution in [0.3, 0.4) is 0 Å². The number of nitrogens with zero attached hydrogens (tertiary/aromatic N) is 1. The Morgan fingerprint density at radius 3 is 2.92 bits per heavy atom. The lowest BCUT2D eigenvalue weighted by Crippen LogP contribution is -2.17. The number of nitrogens with one attached hydrogen (secondary N) is 1. The van der Waals surface area contributed by atoms with Crippen LogP contribution in [0.1, 0.15) is 5.56 Å². The summed E-state index contributed by atoms with van der Waals surface area (Å²) in [6, 6.07) is 1.49. The highest BCUT2D eigenvalue weighted by Crippen LogP contribution is 2.09. The number of hydrogen-bond acceptors (Lipinski definition) is 5. The van der Waals surface area contributed by atoms with Crippen LogP contribution in [0.2, 0.25) is 0 Å². The Bertz CT molecular complexity index is 349. The van der Waals surface area contributed by atoms with Gasteiger partial charge in [0.05, 0.1) is 19.0 Å². The van der Waals surface area contributed by atoms with E-state index in [-0.39, 0.29) is 11.4 Å². The van der Waals surface area contributed by atoms with Crippen LogP contribution in [0.25, 0.3) is 0 Å². The largest absolute Gasteiger partial charge is 0.464 e. The summed E-state index contributed by atoms with van der Waals surface area (Å²) < 4.78 is 4.38. The summed E-state index contributed by atoms with van der Waals surface area (Å²) in [5.74, 6) is -0.710. The monoisotopic (exact) mass is 179 g/mol.